The van der Waals surface area contributed by atoms with E-state index in [4.69, 9.17) is 4.74 Å². The van der Waals surface area contributed by atoms with Gasteiger partial charge >= 0.3 is 5.97 Å². The Bertz CT molecular complexity index is 424. The van der Waals surface area contributed by atoms with Crippen LogP contribution in [0.2, 0.25) is 0 Å². The first kappa shape index (κ1) is 14.5. The van der Waals surface area contributed by atoms with Gasteiger partial charge in [0.05, 0.1) is 13.0 Å². The van der Waals surface area contributed by atoms with E-state index in [0.29, 0.717) is 11.8 Å². The third-order valence-electron chi connectivity index (χ3n) is 4.23. The summed E-state index contributed by atoms with van der Waals surface area (Å²) in [6.45, 7) is 2.24. The zero-order valence-electron chi connectivity index (χ0n) is 11.4. The summed E-state index contributed by atoms with van der Waals surface area (Å²) in [7, 11) is 1.47. The van der Waals surface area contributed by atoms with E-state index in [0.717, 1.165) is 35.8 Å². The summed E-state index contributed by atoms with van der Waals surface area (Å²) in [5.74, 6) is 1.13. The van der Waals surface area contributed by atoms with E-state index >= 15 is 0 Å². The lowest BCUT2D eigenvalue weighted by Crippen LogP contribution is -2.25. The minimum Gasteiger partial charge on any atom is -0.469 e. The summed E-state index contributed by atoms with van der Waals surface area (Å²) >= 11 is 3.41. The highest BCUT2D eigenvalue weighted by Crippen LogP contribution is 2.37. The van der Waals surface area contributed by atoms with Crippen molar-refractivity contribution in [3.05, 3.63) is 28.5 Å². The number of ether oxygens (including phenoxy) is 1. The van der Waals surface area contributed by atoms with E-state index in [2.05, 4.69) is 33.9 Å². The predicted octanol–water partition coefficient (Wildman–Crippen LogP) is 3.93. The number of aromatic nitrogens is 1. The van der Waals surface area contributed by atoms with E-state index in [1.54, 1.807) is 0 Å². The largest absolute Gasteiger partial charge is 0.469 e. The average Bonchev–Trinajstić information content (AvgIpc) is 2.46. The van der Waals surface area contributed by atoms with Crippen molar-refractivity contribution in [1.82, 2.24) is 4.98 Å². The van der Waals surface area contributed by atoms with Gasteiger partial charge < -0.3 is 4.74 Å². The van der Waals surface area contributed by atoms with Gasteiger partial charge in [0, 0.05) is 22.3 Å². The lowest BCUT2D eigenvalue weighted by molar-refractivity contribution is -0.146. The SMILES string of the molecule is COC(=O)C1CCC(C(C)c2ccc(Br)cn2)CC1. The molecule has 0 aromatic carbocycles. The molecule has 1 aliphatic carbocycles. The van der Waals surface area contributed by atoms with Crippen molar-refractivity contribution in [2.24, 2.45) is 11.8 Å². The van der Waals surface area contributed by atoms with Crippen molar-refractivity contribution in [2.75, 3.05) is 7.11 Å². The first-order chi connectivity index (χ1) is 9.11. The van der Waals surface area contributed by atoms with E-state index in [1.165, 1.54) is 7.11 Å². The number of carbonyl (C=O) groups excluding carboxylic acids is 1. The number of nitrogens with zero attached hydrogens (tertiary/aromatic N) is 1. The van der Waals surface area contributed by atoms with Gasteiger partial charge in [-0.05, 0) is 59.7 Å². The highest BCUT2D eigenvalue weighted by molar-refractivity contribution is 9.10. The molecule has 0 radical (unpaired) electrons. The minimum atomic E-state index is -0.0483. The average molecular weight is 326 g/mol. The number of hydrogen-bond donors (Lipinski definition) is 0. The van der Waals surface area contributed by atoms with Gasteiger partial charge in [0.2, 0.25) is 0 Å². The van der Waals surface area contributed by atoms with Crippen LogP contribution in [-0.4, -0.2) is 18.1 Å². The zero-order valence-corrected chi connectivity index (χ0v) is 13.0. The van der Waals surface area contributed by atoms with Gasteiger partial charge in [-0.15, -0.1) is 0 Å². The van der Waals surface area contributed by atoms with Crippen LogP contribution in [0.1, 0.15) is 44.2 Å². The Morgan fingerprint density at radius 3 is 2.58 bits per heavy atom. The zero-order chi connectivity index (χ0) is 13.8. The van der Waals surface area contributed by atoms with Crippen LogP contribution < -0.4 is 0 Å². The maximum atomic E-state index is 11.5. The smallest absolute Gasteiger partial charge is 0.308 e. The highest BCUT2D eigenvalue weighted by atomic mass is 79.9. The van der Waals surface area contributed by atoms with Gasteiger partial charge in [0.15, 0.2) is 0 Å². The van der Waals surface area contributed by atoms with Gasteiger partial charge in [-0.25, -0.2) is 0 Å². The molecule has 3 nitrogen and oxygen atoms in total. The number of hydrogen-bond acceptors (Lipinski definition) is 3. The van der Waals surface area contributed by atoms with E-state index in [9.17, 15) is 4.79 Å². The third-order valence-corrected chi connectivity index (χ3v) is 4.70. The summed E-state index contributed by atoms with van der Waals surface area (Å²) in [5.41, 5.74) is 1.14. The number of rotatable bonds is 3. The second-order valence-electron chi connectivity index (χ2n) is 5.32. The molecule has 0 spiro atoms. The molecule has 0 amide bonds. The lowest BCUT2D eigenvalue weighted by Gasteiger charge is -2.30. The highest BCUT2D eigenvalue weighted by Gasteiger charge is 2.30. The Morgan fingerprint density at radius 1 is 1.37 bits per heavy atom. The summed E-state index contributed by atoms with van der Waals surface area (Å²) in [4.78, 5) is 16.0. The molecule has 1 aliphatic rings. The first-order valence-corrected chi connectivity index (χ1v) is 7.60. The van der Waals surface area contributed by atoms with Crippen LogP contribution in [0.3, 0.4) is 0 Å². The van der Waals surface area contributed by atoms with Crippen LogP contribution in [0.15, 0.2) is 22.8 Å². The molecule has 1 aromatic rings. The van der Waals surface area contributed by atoms with Gasteiger partial charge in [-0.1, -0.05) is 6.92 Å². The number of pyridine rings is 1. The van der Waals surface area contributed by atoms with E-state index < -0.39 is 0 Å². The summed E-state index contributed by atoms with van der Waals surface area (Å²) in [6.07, 6.45) is 5.90. The van der Waals surface area contributed by atoms with Crippen LogP contribution >= 0.6 is 15.9 Å². The molecule has 1 aromatic heterocycles. The topological polar surface area (TPSA) is 39.2 Å². The molecule has 1 unspecified atom stereocenters. The molecule has 4 heteroatoms. The molecule has 0 saturated heterocycles. The van der Waals surface area contributed by atoms with Crippen LogP contribution in [0, 0.1) is 11.8 Å². The number of halogens is 1. The fraction of sp³-hybridized carbons (Fsp3) is 0.600. The van der Waals surface area contributed by atoms with Crippen molar-refractivity contribution < 1.29 is 9.53 Å². The molecule has 104 valence electrons. The van der Waals surface area contributed by atoms with Gasteiger partial charge in [-0.2, -0.15) is 0 Å². The fourth-order valence-electron chi connectivity index (χ4n) is 2.92. The lowest BCUT2D eigenvalue weighted by atomic mass is 9.75. The van der Waals surface area contributed by atoms with E-state index in [-0.39, 0.29) is 11.9 Å². The van der Waals surface area contributed by atoms with Gasteiger partial charge in [-0.3, -0.25) is 9.78 Å². The predicted molar refractivity (Wildman–Crippen MR) is 77.8 cm³/mol. The molecular formula is C15H20BrNO2. The quantitative estimate of drug-likeness (QED) is 0.790. The van der Waals surface area contributed by atoms with Crippen molar-refractivity contribution in [3.63, 3.8) is 0 Å². The van der Waals surface area contributed by atoms with Gasteiger partial charge in [0.1, 0.15) is 0 Å². The molecule has 19 heavy (non-hydrogen) atoms. The Kier molecular flexibility index (Phi) is 4.97. The molecule has 0 aliphatic heterocycles. The Labute approximate surface area is 122 Å². The molecule has 2 rings (SSSR count). The second-order valence-corrected chi connectivity index (χ2v) is 6.24. The van der Waals surface area contributed by atoms with Crippen LogP contribution in [0.4, 0.5) is 0 Å². The number of esters is 1. The molecule has 0 bridgehead atoms. The molecular weight excluding hydrogens is 306 g/mol. The third kappa shape index (κ3) is 3.56. The van der Waals surface area contributed by atoms with Crippen molar-refractivity contribution in [1.29, 1.82) is 0 Å². The summed E-state index contributed by atoms with van der Waals surface area (Å²) < 4.78 is 5.84. The Morgan fingerprint density at radius 2 is 2.05 bits per heavy atom. The molecule has 1 atom stereocenters. The molecule has 0 N–H and O–H groups in total. The summed E-state index contributed by atoms with van der Waals surface area (Å²) in [5, 5.41) is 0. The van der Waals surface area contributed by atoms with Crippen LogP contribution in [0.25, 0.3) is 0 Å². The van der Waals surface area contributed by atoms with Crippen molar-refractivity contribution in [2.45, 2.75) is 38.5 Å². The number of carbonyl (C=O) groups is 1. The Balaban J connectivity index is 1.94. The molecule has 1 heterocycles. The van der Waals surface area contributed by atoms with Gasteiger partial charge in [0.25, 0.3) is 0 Å². The van der Waals surface area contributed by atoms with E-state index in [1.807, 2.05) is 12.3 Å². The van der Waals surface area contributed by atoms with Crippen molar-refractivity contribution >= 4 is 21.9 Å². The Hall–Kier alpha value is -0.900. The fourth-order valence-corrected chi connectivity index (χ4v) is 3.15. The monoisotopic (exact) mass is 325 g/mol. The normalized spacial score (nSPS) is 24.8. The minimum absolute atomic E-state index is 0.0483. The van der Waals surface area contributed by atoms with Crippen molar-refractivity contribution in [3.8, 4) is 0 Å². The first-order valence-electron chi connectivity index (χ1n) is 6.81. The molecule has 1 fully saturated rings. The molecule has 1 saturated carbocycles. The maximum absolute atomic E-state index is 11.5. The second kappa shape index (κ2) is 6.51. The number of methoxy groups -OCH3 is 1. The standard InChI is InChI=1S/C15H20BrNO2/c1-10(14-8-7-13(16)9-17-14)11-3-5-12(6-4-11)15(18)19-2/h7-12H,3-6H2,1-2H3. The maximum Gasteiger partial charge on any atom is 0.308 e. The van der Waals surface area contributed by atoms with Crippen LogP contribution in [0.5, 0.6) is 0 Å². The summed E-state index contributed by atoms with van der Waals surface area (Å²) in [6, 6.07) is 4.13. The van der Waals surface area contributed by atoms with Crippen LogP contribution in [-0.2, 0) is 9.53 Å².